The lowest BCUT2D eigenvalue weighted by atomic mass is 10.2. The summed E-state index contributed by atoms with van der Waals surface area (Å²) < 4.78 is 1.72. The smallest absolute Gasteiger partial charge is 0.340 e. The second-order valence-electron chi connectivity index (χ2n) is 3.94. The number of nitrogen functional groups attached to an aromatic ring is 1. The molecule has 0 radical (unpaired) electrons. The van der Waals surface area contributed by atoms with E-state index in [4.69, 9.17) is 5.73 Å². The van der Waals surface area contributed by atoms with Crippen LogP contribution in [0.3, 0.4) is 0 Å². The molecule has 0 saturated carbocycles. The molecule has 1 rings (SSSR count). The Labute approximate surface area is 89.3 Å². The minimum atomic E-state index is 0.445. The van der Waals surface area contributed by atoms with Gasteiger partial charge in [-0.05, 0) is 39.0 Å². The fourth-order valence-corrected chi connectivity index (χ4v) is 2.55. The number of aryl methyl sites for hydroxylation is 1. The first kappa shape index (κ1) is 11.2. The summed E-state index contributed by atoms with van der Waals surface area (Å²) in [4.78, 5) is 2.26. The molecule has 0 aromatic carbocycles. The summed E-state index contributed by atoms with van der Waals surface area (Å²) in [6.07, 6.45) is 0. The second-order valence-corrected chi connectivity index (χ2v) is 4.93. The third-order valence-electron chi connectivity index (χ3n) is 2.08. The summed E-state index contributed by atoms with van der Waals surface area (Å²) in [5.74, 6) is 0. The Balaban J connectivity index is 2.99. The first-order valence-corrected chi connectivity index (χ1v) is 5.66. The number of aromatic nitrogens is 2. The lowest BCUT2D eigenvalue weighted by Crippen LogP contribution is -2.39. The van der Waals surface area contributed by atoms with E-state index in [1.807, 2.05) is 7.05 Å². The molecule has 14 heavy (non-hydrogen) atoms. The third kappa shape index (κ3) is 2.15. The maximum atomic E-state index is 5.77. The van der Waals surface area contributed by atoms with Gasteiger partial charge in [-0.25, -0.2) is 0 Å². The molecule has 4 nitrogen and oxygen atoms in total. The number of hydrogen-bond acceptors (Lipinski definition) is 4. The minimum Gasteiger partial charge on any atom is -0.340 e. The van der Waals surface area contributed by atoms with Crippen molar-refractivity contribution in [2.75, 3.05) is 10.6 Å². The van der Waals surface area contributed by atoms with Crippen molar-refractivity contribution in [3.8, 4) is 0 Å². The lowest BCUT2D eigenvalue weighted by molar-refractivity contribution is -0.711. The molecule has 0 aliphatic carbocycles. The van der Waals surface area contributed by atoms with E-state index in [1.54, 1.807) is 4.68 Å². The molecule has 0 unspecified atom stereocenters. The van der Waals surface area contributed by atoms with Gasteiger partial charge in [0.15, 0.2) is 0 Å². The molecule has 0 fully saturated rings. The molecule has 1 heterocycles. The van der Waals surface area contributed by atoms with Gasteiger partial charge in [0.1, 0.15) is 7.05 Å². The highest BCUT2D eigenvalue weighted by Gasteiger charge is 2.21. The molecular weight excluding hydrogens is 196 g/mol. The molecular formula is C9H19N4S+. The van der Waals surface area contributed by atoms with Crippen molar-refractivity contribution in [2.24, 2.45) is 7.05 Å². The Kier molecular flexibility index (Phi) is 3.31. The van der Waals surface area contributed by atoms with E-state index < -0.39 is 0 Å². The monoisotopic (exact) mass is 215 g/mol. The Morgan fingerprint density at radius 1 is 1.29 bits per heavy atom. The van der Waals surface area contributed by atoms with E-state index in [0.29, 0.717) is 12.1 Å². The van der Waals surface area contributed by atoms with Crippen LogP contribution in [0.2, 0.25) is 0 Å². The molecule has 5 heteroatoms. The summed E-state index contributed by atoms with van der Waals surface area (Å²) in [5.41, 5.74) is 5.77. The van der Waals surface area contributed by atoms with Crippen LogP contribution in [0.1, 0.15) is 27.7 Å². The lowest BCUT2D eigenvalue weighted by Gasteiger charge is -2.29. The Hall–Kier alpha value is -0.840. The molecule has 2 N–H and O–H groups in total. The van der Waals surface area contributed by atoms with Crippen LogP contribution in [0.5, 0.6) is 0 Å². The zero-order chi connectivity index (χ0) is 10.9. The summed E-state index contributed by atoms with van der Waals surface area (Å²) >= 11 is 1.53. The van der Waals surface area contributed by atoms with Crippen molar-refractivity contribution in [3.63, 3.8) is 0 Å². The van der Waals surface area contributed by atoms with Crippen LogP contribution in [0.15, 0.2) is 0 Å². The van der Waals surface area contributed by atoms with Crippen LogP contribution >= 0.6 is 11.3 Å². The van der Waals surface area contributed by atoms with Gasteiger partial charge in [0.2, 0.25) is 5.13 Å². The van der Waals surface area contributed by atoms with E-state index in [9.17, 15) is 0 Å². The standard InChI is InChI=1S/C9H18N4S/c1-6(2)13(7(3)4)9-11-12(5)8(10)14-9/h6-7,10H,1-5H3/p+1. The van der Waals surface area contributed by atoms with Crippen molar-refractivity contribution in [2.45, 2.75) is 39.8 Å². The number of anilines is 2. The normalized spacial score (nSPS) is 11.4. The molecule has 1 aromatic rings. The fourth-order valence-electron chi connectivity index (χ4n) is 1.50. The van der Waals surface area contributed by atoms with E-state index >= 15 is 0 Å². The Morgan fingerprint density at radius 2 is 1.79 bits per heavy atom. The van der Waals surface area contributed by atoms with Crippen LogP contribution in [-0.2, 0) is 7.05 Å². The summed E-state index contributed by atoms with van der Waals surface area (Å²) in [6, 6.07) is 0.890. The van der Waals surface area contributed by atoms with Crippen molar-refractivity contribution in [3.05, 3.63) is 0 Å². The predicted octanol–water partition coefficient (Wildman–Crippen LogP) is 1.17. The van der Waals surface area contributed by atoms with Crippen molar-refractivity contribution in [1.29, 1.82) is 0 Å². The molecule has 0 aliphatic rings. The number of nitrogens with two attached hydrogens (primary N) is 1. The van der Waals surface area contributed by atoms with E-state index in [-0.39, 0.29) is 0 Å². The van der Waals surface area contributed by atoms with Gasteiger partial charge in [-0.2, -0.15) is 0 Å². The number of hydrogen-bond donors (Lipinski definition) is 1. The van der Waals surface area contributed by atoms with Gasteiger partial charge in [-0.3, -0.25) is 5.73 Å². The van der Waals surface area contributed by atoms with Crippen LogP contribution in [0.25, 0.3) is 0 Å². The van der Waals surface area contributed by atoms with Crippen molar-refractivity contribution < 1.29 is 4.68 Å². The molecule has 0 amide bonds. The SMILES string of the molecule is CC(C)N(c1n[n+](C)c(N)s1)C(C)C. The van der Waals surface area contributed by atoms with Crippen LogP contribution in [0.4, 0.5) is 10.3 Å². The highest BCUT2D eigenvalue weighted by atomic mass is 32.1. The van der Waals surface area contributed by atoms with E-state index in [2.05, 4.69) is 37.7 Å². The zero-order valence-electron chi connectivity index (χ0n) is 9.48. The van der Waals surface area contributed by atoms with E-state index in [0.717, 1.165) is 10.3 Å². The maximum Gasteiger partial charge on any atom is 0.355 e. The molecule has 0 atom stereocenters. The molecule has 1 aromatic heterocycles. The Bertz CT molecular complexity index is 278. The number of rotatable bonds is 3. The first-order valence-electron chi connectivity index (χ1n) is 4.84. The van der Waals surface area contributed by atoms with Crippen LogP contribution < -0.4 is 15.3 Å². The first-order chi connectivity index (χ1) is 6.43. The molecule has 0 saturated heterocycles. The fraction of sp³-hybridized carbons (Fsp3) is 0.778. The average Bonchev–Trinajstić information content (AvgIpc) is 2.29. The summed E-state index contributed by atoms with van der Waals surface area (Å²) in [7, 11) is 1.87. The summed E-state index contributed by atoms with van der Waals surface area (Å²) in [6.45, 7) is 8.66. The molecule has 0 aliphatic heterocycles. The van der Waals surface area contributed by atoms with Gasteiger partial charge >= 0.3 is 5.13 Å². The van der Waals surface area contributed by atoms with Gasteiger partial charge in [0, 0.05) is 12.1 Å². The van der Waals surface area contributed by atoms with Crippen LogP contribution in [0, 0.1) is 0 Å². The van der Waals surface area contributed by atoms with E-state index in [1.165, 1.54) is 11.3 Å². The highest BCUT2D eigenvalue weighted by molar-refractivity contribution is 7.18. The van der Waals surface area contributed by atoms with Gasteiger partial charge in [0.25, 0.3) is 0 Å². The summed E-state index contributed by atoms with van der Waals surface area (Å²) in [5, 5.41) is 6.13. The predicted molar refractivity (Wildman–Crippen MR) is 60.5 cm³/mol. The quantitative estimate of drug-likeness (QED) is 0.770. The van der Waals surface area contributed by atoms with Crippen LogP contribution in [-0.4, -0.2) is 17.2 Å². The topological polar surface area (TPSA) is 46.0 Å². The molecule has 0 spiro atoms. The highest BCUT2D eigenvalue weighted by Crippen LogP contribution is 2.24. The molecule has 80 valence electrons. The zero-order valence-corrected chi connectivity index (χ0v) is 10.3. The minimum absolute atomic E-state index is 0.445. The average molecular weight is 215 g/mol. The van der Waals surface area contributed by atoms with Gasteiger partial charge in [0.05, 0.1) is 0 Å². The number of nitrogens with zero attached hydrogens (tertiary/aromatic N) is 3. The second kappa shape index (κ2) is 4.13. The van der Waals surface area contributed by atoms with Gasteiger partial charge < -0.3 is 4.90 Å². The van der Waals surface area contributed by atoms with Gasteiger partial charge in [-0.15, -0.1) is 4.68 Å². The van der Waals surface area contributed by atoms with Crippen molar-refractivity contribution >= 4 is 21.6 Å². The largest absolute Gasteiger partial charge is 0.355 e. The Morgan fingerprint density at radius 3 is 2.07 bits per heavy atom. The third-order valence-corrected chi connectivity index (χ3v) is 3.03. The van der Waals surface area contributed by atoms with Crippen molar-refractivity contribution in [1.82, 2.24) is 5.10 Å². The maximum absolute atomic E-state index is 5.77. The molecule has 0 bridgehead atoms. The van der Waals surface area contributed by atoms with Gasteiger partial charge in [-0.1, -0.05) is 5.10 Å².